The molecule has 0 fully saturated rings. The van der Waals surface area contributed by atoms with E-state index in [-0.39, 0.29) is 6.04 Å². The maximum atomic E-state index is 6.02. The number of hydrogen-bond donors (Lipinski definition) is 1. The molecule has 2 rings (SSSR count). The van der Waals surface area contributed by atoms with Crippen LogP contribution in [-0.2, 0) is 6.42 Å². The van der Waals surface area contributed by atoms with Gasteiger partial charge in [-0.25, -0.2) is 0 Å². The maximum Gasteiger partial charge on any atom is 0.0935 e. The Hall–Kier alpha value is -1.13. The molecule has 1 unspecified atom stereocenters. The number of rotatable bonds is 3. The molecule has 2 N–H and O–H groups in total. The molecule has 0 saturated heterocycles. The number of aromatic nitrogens is 1. The van der Waals surface area contributed by atoms with Gasteiger partial charge in [0.05, 0.1) is 24.3 Å². The van der Waals surface area contributed by atoms with Crippen molar-refractivity contribution >= 4 is 15.9 Å². The fourth-order valence-corrected chi connectivity index (χ4v) is 1.61. The fourth-order valence-electron chi connectivity index (χ4n) is 1.37. The van der Waals surface area contributed by atoms with Crippen molar-refractivity contribution in [2.24, 2.45) is 5.73 Å². The molecule has 0 aromatic carbocycles. The number of nitrogens with two attached hydrogens (primary N) is 1. The average Bonchev–Trinajstić information content (AvgIpc) is 2.71. The van der Waals surface area contributed by atoms with Gasteiger partial charge in [-0.05, 0) is 46.1 Å². The standard InChI is InChI=1S/C11H11BrN2O/c12-9-1-2-11(14-6-9)10(13)5-8-3-4-15-7-8/h1-4,6-7,10H,5,13H2. The Bertz CT molecular complexity index is 411. The second-order valence-electron chi connectivity index (χ2n) is 3.34. The molecule has 0 bridgehead atoms. The van der Waals surface area contributed by atoms with Crippen molar-refractivity contribution in [2.75, 3.05) is 0 Å². The van der Waals surface area contributed by atoms with Gasteiger partial charge in [0.1, 0.15) is 0 Å². The first kappa shape index (κ1) is 10.4. The molecule has 2 heterocycles. The Morgan fingerprint density at radius 3 is 2.87 bits per heavy atom. The number of nitrogens with zero attached hydrogens (tertiary/aromatic N) is 1. The van der Waals surface area contributed by atoms with Crippen molar-refractivity contribution in [3.63, 3.8) is 0 Å². The number of halogens is 1. The molecule has 0 spiro atoms. The predicted molar refractivity (Wildman–Crippen MR) is 61.3 cm³/mol. The lowest BCUT2D eigenvalue weighted by molar-refractivity contribution is 0.560. The van der Waals surface area contributed by atoms with Gasteiger partial charge in [-0.3, -0.25) is 4.98 Å². The first-order chi connectivity index (χ1) is 7.25. The lowest BCUT2D eigenvalue weighted by Gasteiger charge is -2.09. The second-order valence-corrected chi connectivity index (χ2v) is 4.26. The Morgan fingerprint density at radius 1 is 1.40 bits per heavy atom. The highest BCUT2D eigenvalue weighted by molar-refractivity contribution is 9.10. The van der Waals surface area contributed by atoms with E-state index < -0.39 is 0 Å². The van der Waals surface area contributed by atoms with Crippen molar-refractivity contribution in [1.82, 2.24) is 4.98 Å². The Balaban J connectivity index is 2.08. The van der Waals surface area contributed by atoms with Crippen molar-refractivity contribution < 1.29 is 4.42 Å². The van der Waals surface area contributed by atoms with Gasteiger partial charge in [-0.1, -0.05) is 0 Å². The fraction of sp³-hybridized carbons (Fsp3) is 0.182. The molecule has 15 heavy (non-hydrogen) atoms. The van der Waals surface area contributed by atoms with Gasteiger partial charge >= 0.3 is 0 Å². The van der Waals surface area contributed by atoms with E-state index in [0.29, 0.717) is 0 Å². The van der Waals surface area contributed by atoms with Crippen LogP contribution in [0.2, 0.25) is 0 Å². The van der Waals surface area contributed by atoms with Crippen LogP contribution in [0, 0.1) is 0 Å². The highest BCUT2D eigenvalue weighted by Crippen LogP contribution is 2.16. The zero-order valence-electron chi connectivity index (χ0n) is 8.06. The van der Waals surface area contributed by atoms with Crippen LogP contribution in [0.1, 0.15) is 17.3 Å². The summed E-state index contributed by atoms with van der Waals surface area (Å²) in [5.41, 5.74) is 8.00. The zero-order valence-corrected chi connectivity index (χ0v) is 9.65. The lowest BCUT2D eigenvalue weighted by atomic mass is 10.1. The van der Waals surface area contributed by atoms with Crippen molar-refractivity contribution in [3.8, 4) is 0 Å². The Morgan fingerprint density at radius 2 is 2.27 bits per heavy atom. The molecule has 0 aliphatic carbocycles. The third-order valence-electron chi connectivity index (χ3n) is 2.17. The van der Waals surface area contributed by atoms with Crippen LogP contribution in [0.3, 0.4) is 0 Å². The second kappa shape index (κ2) is 4.59. The first-order valence-electron chi connectivity index (χ1n) is 4.64. The van der Waals surface area contributed by atoms with Gasteiger partial charge in [0.15, 0.2) is 0 Å². The number of hydrogen-bond acceptors (Lipinski definition) is 3. The summed E-state index contributed by atoms with van der Waals surface area (Å²) in [4.78, 5) is 4.26. The summed E-state index contributed by atoms with van der Waals surface area (Å²) < 4.78 is 5.95. The molecule has 0 aliphatic heterocycles. The summed E-state index contributed by atoms with van der Waals surface area (Å²) in [6, 6.07) is 5.70. The average molecular weight is 267 g/mol. The largest absolute Gasteiger partial charge is 0.472 e. The van der Waals surface area contributed by atoms with E-state index in [0.717, 1.165) is 22.2 Å². The van der Waals surface area contributed by atoms with Gasteiger partial charge in [0.25, 0.3) is 0 Å². The normalized spacial score (nSPS) is 12.7. The van der Waals surface area contributed by atoms with E-state index in [1.54, 1.807) is 18.7 Å². The van der Waals surface area contributed by atoms with Crippen LogP contribution in [0.5, 0.6) is 0 Å². The maximum absolute atomic E-state index is 6.02. The van der Waals surface area contributed by atoms with Crippen LogP contribution in [-0.4, -0.2) is 4.98 Å². The molecular weight excluding hydrogens is 256 g/mol. The molecule has 1 atom stereocenters. The zero-order chi connectivity index (χ0) is 10.7. The van der Waals surface area contributed by atoms with Crippen LogP contribution < -0.4 is 5.73 Å². The molecule has 2 aromatic heterocycles. The third kappa shape index (κ3) is 2.67. The van der Waals surface area contributed by atoms with E-state index in [9.17, 15) is 0 Å². The van der Waals surface area contributed by atoms with E-state index in [1.165, 1.54) is 0 Å². The SMILES string of the molecule is NC(Cc1ccoc1)c1ccc(Br)cn1. The summed E-state index contributed by atoms with van der Waals surface area (Å²) in [6.45, 7) is 0. The van der Waals surface area contributed by atoms with E-state index in [2.05, 4.69) is 20.9 Å². The predicted octanol–water partition coefficient (Wildman–Crippen LogP) is 2.68. The molecule has 0 saturated carbocycles. The lowest BCUT2D eigenvalue weighted by Crippen LogP contribution is -2.14. The van der Waals surface area contributed by atoms with Crippen LogP contribution in [0.4, 0.5) is 0 Å². The molecule has 2 aromatic rings. The summed E-state index contributed by atoms with van der Waals surface area (Å²) in [5, 5.41) is 0. The molecule has 0 radical (unpaired) electrons. The summed E-state index contributed by atoms with van der Waals surface area (Å²) in [7, 11) is 0. The van der Waals surface area contributed by atoms with Crippen molar-refractivity contribution in [3.05, 3.63) is 52.7 Å². The van der Waals surface area contributed by atoms with Crippen LogP contribution in [0.25, 0.3) is 0 Å². The minimum absolute atomic E-state index is 0.0873. The van der Waals surface area contributed by atoms with Crippen LogP contribution >= 0.6 is 15.9 Å². The molecular formula is C11H11BrN2O. The summed E-state index contributed by atoms with van der Waals surface area (Å²) >= 11 is 3.34. The third-order valence-corrected chi connectivity index (χ3v) is 2.63. The summed E-state index contributed by atoms with van der Waals surface area (Å²) in [5.74, 6) is 0. The molecule has 4 heteroatoms. The van der Waals surface area contributed by atoms with Gasteiger partial charge in [-0.2, -0.15) is 0 Å². The van der Waals surface area contributed by atoms with Crippen molar-refractivity contribution in [2.45, 2.75) is 12.5 Å². The monoisotopic (exact) mass is 266 g/mol. The van der Waals surface area contributed by atoms with E-state index >= 15 is 0 Å². The highest BCUT2D eigenvalue weighted by atomic mass is 79.9. The molecule has 0 aliphatic rings. The molecule has 3 nitrogen and oxygen atoms in total. The minimum atomic E-state index is -0.0873. The summed E-state index contributed by atoms with van der Waals surface area (Å²) in [6.07, 6.45) is 5.85. The molecule has 78 valence electrons. The topological polar surface area (TPSA) is 52.0 Å². The van der Waals surface area contributed by atoms with Crippen molar-refractivity contribution in [1.29, 1.82) is 0 Å². The number of furan rings is 1. The Labute approximate surface area is 96.4 Å². The van der Waals surface area contributed by atoms with Gasteiger partial charge in [0.2, 0.25) is 0 Å². The molecule has 0 amide bonds. The van der Waals surface area contributed by atoms with Gasteiger partial charge in [-0.15, -0.1) is 0 Å². The van der Waals surface area contributed by atoms with Gasteiger partial charge < -0.3 is 10.2 Å². The number of pyridine rings is 1. The smallest absolute Gasteiger partial charge is 0.0935 e. The minimum Gasteiger partial charge on any atom is -0.472 e. The highest BCUT2D eigenvalue weighted by Gasteiger charge is 2.08. The van der Waals surface area contributed by atoms with E-state index in [1.807, 2.05) is 18.2 Å². The quantitative estimate of drug-likeness (QED) is 0.930. The first-order valence-corrected chi connectivity index (χ1v) is 5.43. The Kier molecular flexibility index (Phi) is 3.18. The van der Waals surface area contributed by atoms with Crippen LogP contribution in [0.15, 0.2) is 45.8 Å². The van der Waals surface area contributed by atoms with Gasteiger partial charge in [0, 0.05) is 10.7 Å². The van der Waals surface area contributed by atoms with E-state index in [4.69, 9.17) is 10.2 Å².